The molecule has 7 nitrogen and oxygen atoms in total. The number of ether oxygens (including phenoxy) is 3. The third kappa shape index (κ3) is 8.30. The zero-order valence-corrected chi connectivity index (χ0v) is 18.4. The van der Waals surface area contributed by atoms with Crippen molar-refractivity contribution in [3.8, 4) is 5.75 Å². The number of rotatable bonds is 12. The summed E-state index contributed by atoms with van der Waals surface area (Å²) in [5.41, 5.74) is 1.74. The van der Waals surface area contributed by atoms with Gasteiger partial charge in [-0.25, -0.2) is 4.79 Å². The lowest BCUT2D eigenvalue weighted by Crippen LogP contribution is -2.32. The van der Waals surface area contributed by atoms with Crippen LogP contribution in [0.5, 0.6) is 5.75 Å². The van der Waals surface area contributed by atoms with Crippen LogP contribution in [0.25, 0.3) is 0 Å². The molecular formula is C24H31NO6. The molecule has 0 aliphatic carbocycles. The van der Waals surface area contributed by atoms with Gasteiger partial charge in [0, 0.05) is 0 Å². The van der Waals surface area contributed by atoms with E-state index in [0.29, 0.717) is 19.4 Å². The molecule has 168 valence electrons. The highest BCUT2D eigenvalue weighted by Crippen LogP contribution is 2.16. The first-order valence-electron chi connectivity index (χ1n) is 10.5. The number of nitrogens with zero attached hydrogens (tertiary/aromatic N) is 1. The average molecular weight is 430 g/mol. The summed E-state index contributed by atoms with van der Waals surface area (Å²) in [6.07, 6.45) is 0.489. The summed E-state index contributed by atoms with van der Waals surface area (Å²) in [6, 6.07) is 16.8. The molecule has 0 bridgehead atoms. The topological polar surface area (TPSA) is 74.3 Å². The Morgan fingerprint density at radius 3 is 2.26 bits per heavy atom. The maximum Gasteiger partial charge on any atom is 0.434 e. The molecule has 0 aliphatic heterocycles. The van der Waals surface area contributed by atoms with Crippen LogP contribution in [0.2, 0.25) is 0 Å². The predicted molar refractivity (Wildman–Crippen MR) is 116 cm³/mol. The molecule has 0 radical (unpaired) electrons. The van der Waals surface area contributed by atoms with E-state index in [0.717, 1.165) is 16.9 Å². The number of hydroxylamine groups is 2. The Balaban J connectivity index is 1.99. The molecule has 7 heteroatoms. The Morgan fingerprint density at radius 1 is 0.935 bits per heavy atom. The van der Waals surface area contributed by atoms with Crippen molar-refractivity contribution >= 4 is 12.1 Å². The lowest BCUT2D eigenvalue weighted by atomic mass is 10.0. The van der Waals surface area contributed by atoms with Crippen molar-refractivity contribution in [1.29, 1.82) is 0 Å². The average Bonchev–Trinajstić information content (AvgIpc) is 2.80. The number of hydrogen-bond acceptors (Lipinski definition) is 6. The molecule has 1 atom stereocenters. The lowest BCUT2D eigenvalue weighted by Gasteiger charge is -2.22. The molecule has 2 aromatic carbocycles. The molecule has 1 unspecified atom stereocenters. The number of hydrogen-bond donors (Lipinski definition) is 0. The summed E-state index contributed by atoms with van der Waals surface area (Å²) in [5.74, 6) is 0.202. The van der Waals surface area contributed by atoms with Crippen molar-refractivity contribution in [2.24, 2.45) is 5.92 Å². The van der Waals surface area contributed by atoms with Crippen LogP contribution in [0, 0.1) is 5.92 Å². The number of carbonyl (C=O) groups is 2. The van der Waals surface area contributed by atoms with E-state index in [1.54, 1.807) is 14.0 Å². The van der Waals surface area contributed by atoms with Crippen LogP contribution in [-0.2, 0) is 32.3 Å². The van der Waals surface area contributed by atoms with Crippen molar-refractivity contribution < 1.29 is 28.6 Å². The van der Waals surface area contributed by atoms with E-state index in [4.69, 9.17) is 19.0 Å². The van der Waals surface area contributed by atoms with Crippen LogP contribution in [-0.4, -0.2) is 37.4 Å². The first-order chi connectivity index (χ1) is 15.1. The zero-order valence-electron chi connectivity index (χ0n) is 18.4. The largest absolute Gasteiger partial charge is 0.497 e. The van der Waals surface area contributed by atoms with Gasteiger partial charge >= 0.3 is 12.1 Å². The quantitative estimate of drug-likeness (QED) is 0.358. The molecule has 1 amide bonds. The van der Waals surface area contributed by atoms with Gasteiger partial charge in [-0.3, -0.25) is 9.63 Å². The molecule has 0 aliphatic rings. The predicted octanol–water partition coefficient (Wildman–Crippen LogP) is 4.75. The van der Waals surface area contributed by atoms with Crippen LogP contribution in [0.1, 0.15) is 37.8 Å². The van der Waals surface area contributed by atoms with E-state index in [-0.39, 0.29) is 31.6 Å². The van der Waals surface area contributed by atoms with E-state index >= 15 is 0 Å². The van der Waals surface area contributed by atoms with Crippen molar-refractivity contribution in [3.63, 3.8) is 0 Å². The molecule has 0 fully saturated rings. The maximum absolute atomic E-state index is 12.7. The summed E-state index contributed by atoms with van der Waals surface area (Å²) in [4.78, 5) is 30.4. The highest BCUT2D eigenvalue weighted by molar-refractivity contribution is 5.72. The first-order valence-corrected chi connectivity index (χ1v) is 10.5. The number of carbonyl (C=O) groups excluding carboxylic acids is 2. The highest BCUT2D eigenvalue weighted by Gasteiger charge is 2.21. The van der Waals surface area contributed by atoms with Crippen molar-refractivity contribution in [3.05, 3.63) is 65.7 Å². The van der Waals surface area contributed by atoms with Gasteiger partial charge in [-0.2, -0.15) is 5.06 Å². The second kappa shape index (κ2) is 13.3. The van der Waals surface area contributed by atoms with E-state index < -0.39 is 6.09 Å². The molecular weight excluding hydrogens is 398 g/mol. The van der Waals surface area contributed by atoms with Crippen molar-refractivity contribution in [2.45, 2.75) is 39.8 Å². The van der Waals surface area contributed by atoms with Crippen molar-refractivity contribution in [1.82, 2.24) is 5.06 Å². The smallest absolute Gasteiger partial charge is 0.434 e. The van der Waals surface area contributed by atoms with E-state index in [1.165, 1.54) is 5.06 Å². The Morgan fingerprint density at radius 2 is 1.65 bits per heavy atom. The fourth-order valence-electron chi connectivity index (χ4n) is 2.90. The Hall–Kier alpha value is -3.06. The van der Waals surface area contributed by atoms with Crippen LogP contribution in [0.15, 0.2) is 54.6 Å². The minimum atomic E-state index is -0.594. The summed E-state index contributed by atoms with van der Waals surface area (Å²) >= 11 is 0. The number of esters is 1. The van der Waals surface area contributed by atoms with Gasteiger partial charge in [-0.15, -0.1) is 0 Å². The normalized spacial score (nSPS) is 11.5. The fraction of sp³-hybridized carbons (Fsp3) is 0.417. The Bertz CT molecular complexity index is 793. The number of methoxy groups -OCH3 is 1. The van der Waals surface area contributed by atoms with Crippen LogP contribution in [0.4, 0.5) is 4.79 Å². The van der Waals surface area contributed by atoms with Gasteiger partial charge in [0.25, 0.3) is 0 Å². The molecule has 0 heterocycles. The second-order valence-electron chi connectivity index (χ2n) is 6.90. The lowest BCUT2D eigenvalue weighted by molar-refractivity contribution is -0.158. The molecule has 2 rings (SSSR count). The summed E-state index contributed by atoms with van der Waals surface area (Å²) in [5, 5.41) is 1.18. The molecule has 2 aromatic rings. The first kappa shape index (κ1) is 24.2. The number of benzene rings is 2. The van der Waals surface area contributed by atoms with Gasteiger partial charge in [0.15, 0.2) is 0 Å². The minimum Gasteiger partial charge on any atom is -0.497 e. The van der Waals surface area contributed by atoms with Crippen LogP contribution < -0.4 is 4.74 Å². The molecule has 0 saturated carbocycles. The van der Waals surface area contributed by atoms with Gasteiger partial charge in [-0.05, 0) is 43.0 Å². The van der Waals surface area contributed by atoms with Gasteiger partial charge in [0.2, 0.25) is 0 Å². The van der Waals surface area contributed by atoms with E-state index in [2.05, 4.69) is 0 Å². The Labute approximate surface area is 183 Å². The zero-order chi connectivity index (χ0) is 22.5. The number of amides is 1. The monoisotopic (exact) mass is 429 g/mol. The fourth-order valence-corrected chi connectivity index (χ4v) is 2.90. The third-order valence-electron chi connectivity index (χ3n) is 4.72. The van der Waals surface area contributed by atoms with Crippen LogP contribution >= 0.6 is 0 Å². The molecule has 31 heavy (non-hydrogen) atoms. The molecule has 0 spiro atoms. The molecule has 0 saturated heterocycles. The van der Waals surface area contributed by atoms with E-state index in [9.17, 15) is 9.59 Å². The molecule has 0 aromatic heterocycles. The standard InChI is InChI=1S/C24H31NO6/c1-4-21(23(26)29-5-2)15-16-31-25(17-19-11-13-22(28-3)14-12-19)24(27)30-18-20-9-7-6-8-10-20/h6-14,21H,4-5,15-18H2,1-3H3. The Kier molecular flexibility index (Phi) is 10.4. The van der Waals surface area contributed by atoms with Gasteiger partial charge in [0.05, 0.1) is 32.8 Å². The van der Waals surface area contributed by atoms with Crippen LogP contribution in [0.3, 0.4) is 0 Å². The SMILES string of the molecule is CCOC(=O)C(CC)CCON(Cc1ccc(OC)cc1)C(=O)OCc1ccccc1. The minimum absolute atomic E-state index is 0.141. The van der Waals surface area contributed by atoms with E-state index in [1.807, 2.05) is 61.5 Å². The summed E-state index contributed by atoms with van der Waals surface area (Å²) in [6.45, 7) is 4.57. The maximum atomic E-state index is 12.7. The van der Waals surface area contributed by atoms with Gasteiger partial charge < -0.3 is 14.2 Å². The van der Waals surface area contributed by atoms with Crippen molar-refractivity contribution in [2.75, 3.05) is 20.3 Å². The third-order valence-corrected chi connectivity index (χ3v) is 4.72. The summed E-state index contributed by atoms with van der Waals surface area (Å²) < 4.78 is 15.7. The van der Waals surface area contributed by atoms with Gasteiger partial charge in [0.1, 0.15) is 12.4 Å². The summed E-state index contributed by atoms with van der Waals surface area (Å²) in [7, 11) is 1.60. The highest BCUT2D eigenvalue weighted by atomic mass is 16.7. The second-order valence-corrected chi connectivity index (χ2v) is 6.90. The molecule has 0 N–H and O–H groups in total. The van der Waals surface area contributed by atoms with Gasteiger partial charge in [-0.1, -0.05) is 49.4 Å².